The summed E-state index contributed by atoms with van der Waals surface area (Å²) >= 11 is 0. The molecule has 0 aromatic heterocycles. The Labute approximate surface area is 79.7 Å². The smallest absolute Gasteiger partial charge is 0.148 e. The molecule has 0 aliphatic carbocycles. The van der Waals surface area contributed by atoms with E-state index in [1.807, 2.05) is 13.0 Å². The van der Waals surface area contributed by atoms with E-state index in [4.69, 9.17) is 11.2 Å². The lowest BCUT2D eigenvalue weighted by molar-refractivity contribution is 0.367. The van der Waals surface area contributed by atoms with E-state index in [9.17, 15) is 0 Å². The normalized spacial score (nSPS) is 9.38. The second-order valence-corrected chi connectivity index (χ2v) is 3.19. The molecule has 0 saturated carbocycles. The molecule has 0 bridgehead atoms. The Balaban J connectivity index is 2.96. The number of hydrogen-bond acceptors (Lipinski definition) is 1. The zero-order valence-electron chi connectivity index (χ0n) is 8.35. The van der Waals surface area contributed by atoms with Crippen molar-refractivity contribution < 1.29 is 4.74 Å². The van der Waals surface area contributed by atoms with Crippen molar-refractivity contribution in [3.8, 4) is 18.1 Å². The summed E-state index contributed by atoms with van der Waals surface area (Å²) < 4.78 is 5.39. The van der Waals surface area contributed by atoms with Crippen LogP contribution in [0.15, 0.2) is 12.1 Å². The maximum absolute atomic E-state index is 5.39. The fraction of sp³-hybridized carbons (Fsp3) is 0.333. The Hall–Kier alpha value is -1.42. The van der Waals surface area contributed by atoms with Crippen molar-refractivity contribution in [3.05, 3.63) is 28.8 Å². The number of benzene rings is 1. The molecule has 0 atom stereocenters. The van der Waals surface area contributed by atoms with Crippen LogP contribution in [-0.4, -0.2) is 6.61 Å². The predicted molar refractivity (Wildman–Crippen MR) is 55.0 cm³/mol. The van der Waals surface area contributed by atoms with Crippen LogP contribution < -0.4 is 4.74 Å². The van der Waals surface area contributed by atoms with Crippen molar-refractivity contribution in [2.75, 3.05) is 6.61 Å². The van der Waals surface area contributed by atoms with Crippen LogP contribution in [0.5, 0.6) is 5.75 Å². The van der Waals surface area contributed by atoms with Crippen LogP contribution in [0.25, 0.3) is 0 Å². The summed E-state index contributed by atoms with van der Waals surface area (Å²) in [6, 6.07) is 4.14. The second kappa shape index (κ2) is 4.00. The summed E-state index contributed by atoms with van der Waals surface area (Å²) in [7, 11) is 0. The SMILES string of the molecule is C#CCOc1cc(C)c(C)cc1C. The fourth-order valence-electron chi connectivity index (χ4n) is 1.21. The van der Waals surface area contributed by atoms with Gasteiger partial charge in [0.15, 0.2) is 0 Å². The van der Waals surface area contributed by atoms with Gasteiger partial charge in [0.25, 0.3) is 0 Å². The van der Waals surface area contributed by atoms with E-state index >= 15 is 0 Å². The second-order valence-electron chi connectivity index (χ2n) is 3.19. The molecule has 1 aromatic rings. The Morgan fingerprint density at radius 1 is 1.15 bits per heavy atom. The Morgan fingerprint density at radius 2 is 1.77 bits per heavy atom. The van der Waals surface area contributed by atoms with Gasteiger partial charge in [-0.15, -0.1) is 6.42 Å². The van der Waals surface area contributed by atoms with Crippen LogP contribution in [0, 0.1) is 33.1 Å². The van der Waals surface area contributed by atoms with Gasteiger partial charge < -0.3 is 4.74 Å². The van der Waals surface area contributed by atoms with Crippen molar-refractivity contribution in [1.29, 1.82) is 0 Å². The van der Waals surface area contributed by atoms with Gasteiger partial charge in [-0.25, -0.2) is 0 Å². The van der Waals surface area contributed by atoms with Crippen LogP contribution in [0.3, 0.4) is 0 Å². The molecule has 0 aliphatic heterocycles. The summed E-state index contributed by atoms with van der Waals surface area (Å²) in [5.41, 5.74) is 3.65. The molecule has 0 heterocycles. The van der Waals surface area contributed by atoms with Gasteiger partial charge in [0.1, 0.15) is 12.4 Å². The Morgan fingerprint density at radius 3 is 2.38 bits per heavy atom. The van der Waals surface area contributed by atoms with Crippen LogP contribution in [0.2, 0.25) is 0 Å². The molecule has 13 heavy (non-hydrogen) atoms. The van der Waals surface area contributed by atoms with E-state index in [1.54, 1.807) is 0 Å². The number of rotatable bonds is 2. The maximum Gasteiger partial charge on any atom is 0.148 e. The molecule has 0 fully saturated rings. The van der Waals surface area contributed by atoms with Gasteiger partial charge in [-0.05, 0) is 43.5 Å². The van der Waals surface area contributed by atoms with Crippen LogP contribution in [0.1, 0.15) is 16.7 Å². The first-order valence-corrected chi connectivity index (χ1v) is 4.29. The molecule has 0 N–H and O–H groups in total. The minimum Gasteiger partial charge on any atom is -0.481 e. The average Bonchev–Trinajstić information content (AvgIpc) is 2.09. The third-order valence-electron chi connectivity index (χ3n) is 2.10. The molecule has 0 radical (unpaired) electrons. The van der Waals surface area contributed by atoms with E-state index < -0.39 is 0 Å². The first kappa shape index (κ1) is 9.67. The molecule has 0 spiro atoms. The Bertz CT molecular complexity index is 345. The van der Waals surface area contributed by atoms with Crippen LogP contribution in [0.4, 0.5) is 0 Å². The van der Waals surface area contributed by atoms with Crippen molar-refractivity contribution in [2.45, 2.75) is 20.8 Å². The molecule has 1 aromatic carbocycles. The topological polar surface area (TPSA) is 9.23 Å². The molecule has 0 aliphatic rings. The first-order chi connectivity index (χ1) is 6.15. The van der Waals surface area contributed by atoms with Gasteiger partial charge in [-0.3, -0.25) is 0 Å². The standard InChI is InChI=1S/C12H14O/c1-5-6-13-12-8-10(3)9(2)7-11(12)4/h1,7-8H,6H2,2-4H3. The molecule has 0 amide bonds. The van der Waals surface area contributed by atoms with Crippen molar-refractivity contribution in [2.24, 2.45) is 0 Å². The third kappa shape index (κ3) is 2.26. The van der Waals surface area contributed by atoms with Gasteiger partial charge >= 0.3 is 0 Å². The van der Waals surface area contributed by atoms with Gasteiger partial charge in [0.2, 0.25) is 0 Å². The highest BCUT2D eigenvalue weighted by Crippen LogP contribution is 2.21. The zero-order chi connectivity index (χ0) is 9.84. The minimum absolute atomic E-state index is 0.337. The molecule has 1 rings (SSSR count). The summed E-state index contributed by atoms with van der Waals surface area (Å²) in [5, 5.41) is 0. The Kier molecular flexibility index (Phi) is 2.97. The molecule has 1 nitrogen and oxygen atoms in total. The average molecular weight is 174 g/mol. The molecular weight excluding hydrogens is 160 g/mol. The van der Waals surface area contributed by atoms with E-state index in [0.717, 1.165) is 11.3 Å². The van der Waals surface area contributed by atoms with E-state index in [2.05, 4.69) is 25.8 Å². The number of hydrogen-bond donors (Lipinski definition) is 0. The van der Waals surface area contributed by atoms with Gasteiger partial charge in [0, 0.05) is 0 Å². The van der Waals surface area contributed by atoms with Crippen LogP contribution >= 0.6 is 0 Å². The lowest BCUT2D eigenvalue weighted by Crippen LogP contribution is -1.97. The minimum atomic E-state index is 0.337. The molecule has 68 valence electrons. The van der Waals surface area contributed by atoms with E-state index in [-0.39, 0.29) is 0 Å². The molecule has 1 heteroatoms. The molecular formula is C12H14O. The summed E-state index contributed by atoms with van der Waals surface area (Å²) in [5.74, 6) is 3.35. The van der Waals surface area contributed by atoms with E-state index in [1.165, 1.54) is 11.1 Å². The summed E-state index contributed by atoms with van der Waals surface area (Å²) in [6.45, 7) is 6.52. The first-order valence-electron chi connectivity index (χ1n) is 4.29. The number of aryl methyl sites for hydroxylation is 3. The summed E-state index contributed by atoms with van der Waals surface area (Å²) in [6.07, 6.45) is 5.12. The van der Waals surface area contributed by atoms with Crippen LogP contribution in [-0.2, 0) is 0 Å². The van der Waals surface area contributed by atoms with Crippen molar-refractivity contribution in [3.63, 3.8) is 0 Å². The maximum atomic E-state index is 5.39. The highest BCUT2D eigenvalue weighted by atomic mass is 16.5. The van der Waals surface area contributed by atoms with Gasteiger partial charge in [-0.2, -0.15) is 0 Å². The predicted octanol–water partition coefficient (Wildman–Crippen LogP) is 2.62. The quantitative estimate of drug-likeness (QED) is 0.626. The molecule has 0 unspecified atom stereocenters. The lowest BCUT2D eigenvalue weighted by atomic mass is 10.1. The third-order valence-corrected chi connectivity index (χ3v) is 2.10. The summed E-state index contributed by atoms with van der Waals surface area (Å²) in [4.78, 5) is 0. The van der Waals surface area contributed by atoms with Gasteiger partial charge in [0.05, 0.1) is 0 Å². The number of terminal acetylenes is 1. The monoisotopic (exact) mass is 174 g/mol. The highest BCUT2D eigenvalue weighted by Gasteiger charge is 2.01. The highest BCUT2D eigenvalue weighted by molar-refractivity contribution is 5.40. The largest absolute Gasteiger partial charge is 0.481 e. The van der Waals surface area contributed by atoms with E-state index in [0.29, 0.717) is 6.61 Å². The van der Waals surface area contributed by atoms with Gasteiger partial charge in [-0.1, -0.05) is 12.0 Å². The van der Waals surface area contributed by atoms with Crippen molar-refractivity contribution >= 4 is 0 Å². The lowest BCUT2D eigenvalue weighted by Gasteiger charge is -2.09. The zero-order valence-corrected chi connectivity index (χ0v) is 8.35. The van der Waals surface area contributed by atoms with Crippen molar-refractivity contribution in [1.82, 2.24) is 0 Å². The number of ether oxygens (including phenoxy) is 1. The molecule has 0 saturated heterocycles. The fourth-order valence-corrected chi connectivity index (χ4v) is 1.21.